The normalized spacial score (nSPS) is 10.3. The first-order chi connectivity index (χ1) is 6.36. The summed E-state index contributed by atoms with van der Waals surface area (Å²) in [6, 6.07) is 4.48. The van der Waals surface area contributed by atoms with Crippen LogP contribution < -0.4 is 4.57 Å². The minimum atomic E-state index is 1.13. The Labute approximate surface area is 81.4 Å². The van der Waals surface area contributed by atoms with Crippen molar-refractivity contribution in [2.24, 2.45) is 0 Å². The van der Waals surface area contributed by atoms with Gasteiger partial charge in [-0.05, 0) is 18.4 Å². The van der Waals surface area contributed by atoms with Gasteiger partial charge in [-0.2, -0.15) is 0 Å². The maximum Gasteiger partial charge on any atom is 0.169 e. The van der Waals surface area contributed by atoms with Gasteiger partial charge in [0.25, 0.3) is 0 Å². The molecule has 1 nitrogen and oxygen atoms in total. The molecule has 0 aromatic carbocycles. The Morgan fingerprint density at radius 3 is 2.31 bits per heavy atom. The van der Waals surface area contributed by atoms with E-state index in [-0.39, 0.29) is 0 Å². The molecule has 0 atom stereocenters. The standard InChI is InChI=1S/C12H20N/c1-3-5-6-12-7-10-13(9-4-2)11-8-12/h7-8,10-11H,3-6,9H2,1-2H3/q+1. The zero-order valence-electron chi connectivity index (χ0n) is 8.79. The molecule has 13 heavy (non-hydrogen) atoms. The summed E-state index contributed by atoms with van der Waals surface area (Å²) in [5.41, 5.74) is 1.47. The molecule has 0 aliphatic heterocycles. The van der Waals surface area contributed by atoms with Crippen molar-refractivity contribution in [3.05, 3.63) is 30.1 Å². The first-order valence-electron chi connectivity index (χ1n) is 5.34. The maximum absolute atomic E-state index is 2.25. The first-order valence-corrected chi connectivity index (χ1v) is 5.34. The Morgan fingerprint density at radius 2 is 1.77 bits per heavy atom. The van der Waals surface area contributed by atoms with Gasteiger partial charge in [0.2, 0.25) is 0 Å². The summed E-state index contributed by atoms with van der Waals surface area (Å²) in [6.45, 7) is 5.58. The fourth-order valence-electron chi connectivity index (χ4n) is 1.44. The highest BCUT2D eigenvalue weighted by Crippen LogP contribution is 2.01. The average molecular weight is 178 g/mol. The minimum Gasteiger partial charge on any atom is -0.205 e. The molecule has 0 N–H and O–H groups in total. The molecule has 0 amide bonds. The van der Waals surface area contributed by atoms with Gasteiger partial charge in [-0.15, -0.1) is 0 Å². The molecular formula is C12H20N+. The average Bonchev–Trinajstić information content (AvgIpc) is 2.17. The van der Waals surface area contributed by atoms with E-state index in [1.54, 1.807) is 0 Å². The Kier molecular flexibility index (Phi) is 4.52. The predicted octanol–water partition coefficient (Wildman–Crippen LogP) is 2.73. The van der Waals surface area contributed by atoms with E-state index in [0.29, 0.717) is 0 Å². The Morgan fingerprint density at radius 1 is 1.08 bits per heavy atom. The number of aryl methyl sites for hydroxylation is 2. The van der Waals surface area contributed by atoms with Crippen LogP contribution in [0.1, 0.15) is 38.7 Å². The van der Waals surface area contributed by atoms with E-state index < -0.39 is 0 Å². The summed E-state index contributed by atoms with van der Waals surface area (Å²) < 4.78 is 2.25. The van der Waals surface area contributed by atoms with Crippen molar-refractivity contribution in [2.75, 3.05) is 0 Å². The van der Waals surface area contributed by atoms with E-state index in [1.807, 2.05) is 0 Å². The molecule has 0 radical (unpaired) electrons. The summed E-state index contributed by atoms with van der Waals surface area (Å²) in [5, 5.41) is 0. The monoisotopic (exact) mass is 178 g/mol. The zero-order valence-corrected chi connectivity index (χ0v) is 8.79. The Bertz CT molecular complexity index is 225. The molecule has 1 heteroatoms. The van der Waals surface area contributed by atoms with Crippen molar-refractivity contribution in [3.8, 4) is 0 Å². The molecule has 1 aromatic rings. The number of aromatic nitrogens is 1. The molecule has 0 aliphatic rings. The second-order valence-electron chi connectivity index (χ2n) is 3.55. The molecule has 1 rings (SSSR count). The Balaban J connectivity index is 2.48. The molecule has 1 aromatic heterocycles. The molecule has 0 spiro atoms. The van der Waals surface area contributed by atoms with Crippen molar-refractivity contribution < 1.29 is 4.57 Å². The highest BCUT2D eigenvalue weighted by atomic mass is 14.9. The second-order valence-corrected chi connectivity index (χ2v) is 3.55. The van der Waals surface area contributed by atoms with Gasteiger partial charge < -0.3 is 0 Å². The number of hydrogen-bond donors (Lipinski definition) is 0. The van der Waals surface area contributed by atoms with Crippen LogP contribution in [0.2, 0.25) is 0 Å². The third kappa shape index (κ3) is 3.58. The molecule has 0 fully saturated rings. The first kappa shape index (κ1) is 10.2. The van der Waals surface area contributed by atoms with E-state index in [0.717, 1.165) is 6.54 Å². The Hall–Kier alpha value is -0.850. The van der Waals surface area contributed by atoms with Crippen LogP contribution in [0.5, 0.6) is 0 Å². The van der Waals surface area contributed by atoms with Crippen molar-refractivity contribution in [2.45, 2.75) is 46.1 Å². The molecule has 72 valence electrons. The lowest BCUT2D eigenvalue weighted by atomic mass is 10.1. The van der Waals surface area contributed by atoms with Gasteiger partial charge in [0.05, 0.1) is 0 Å². The van der Waals surface area contributed by atoms with Gasteiger partial charge in [0.15, 0.2) is 12.4 Å². The summed E-state index contributed by atoms with van der Waals surface area (Å²) >= 11 is 0. The quantitative estimate of drug-likeness (QED) is 0.610. The van der Waals surface area contributed by atoms with Crippen LogP contribution in [-0.2, 0) is 13.0 Å². The van der Waals surface area contributed by atoms with E-state index in [9.17, 15) is 0 Å². The van der Waals surface area contributed by atoms with Gasteiger partial charge in [0, 0.05) is 18.6 Å². The van der Waals surface area contributed by atoms with Crippen molar-refractivity contribution >= 4 is 0 Å². The van der Waals surface area contributed by atoms with Crippen LogP contribution in [-0.4, -0.2) is 0 Å². The van der Waals surface area contributed by atoms with Crippen LogP contribution in [0, 0.1) is 0 Å². The summed E-state index contributed by atoms with van der Waals surface area (Å²) in [5.74, 6) is 0. The fourth-order valence-corrected chi connectivity index (χ4v) is 1.44. The van der Waals surface area contributed by atoms with Crippen molar-refractivity contribution in [1.82, 2.24) is 0 Å². The number of hydrogen-bond acceptors (Lipinski definition) is 0. The van der Waals surface area contributed by atoms with Crippen LogP contribution in [0.15, 0.2) is 24.5 Å². The SMILES string of the molecule is CCCCc1cc[n+](CCC)cc1. The zero-order chi connectivity index (χ0) is 9.52. The molecule has 1 heterocycles. The van der Waals surface area contributed by atoms with Crippen LogP contribution in [0.3, 0.4) is 0 Å². The maximum atomic E-state index is 2.25. The van der Waals surface area contributed by atoms with E-state index >= 15 is 0 Å². The third-order valence-corrected chi connectivity index (χ3v) is 2.26. The lowest BCUT2D eigenvalue weighted by molar-refractivity contribution is -0.697. The van der Waals surface area contributed by atoms with Crippen LogP contribution in [0.4, 0.5) is 0 Å². The smallest absolute Gasteiger partial charge is 0.169 e. The highest BCUT2D eigenvalue weighted by Gasteiger charge is 1.98. The van der Waals surface area contributed by atoms with Gasteiger partial charge in [-0.3, -0.25) is 0 Å². The van der Waals surface area contributed by atoms with Crippen molar-refractivity contribution in [3.63, 3.8) is 0 Å². The van der Waals surface area contributed by atoms with E-state index in [4.69, 9.17) is 0 Å². The fraction of sp³-hybridized carbons (Fsp3) is 0.583. The molecular weight excluding hydrogens is 158 g/mol. The number of rotatable bonds is 5. The van der Waals surface area contributed by atoms with E-state index in [1.165, 1.54) is 31.2 Å². The molecule has 0 saturated heterocycles. The second kappa shape index (κ2) is 5.74. The lowest BCUT2D eigenvalue weighted by Crippen LogP contribution is -2.32. The number of nitrogens with zero attached hydrogens (tertiary/aromatic N) is 1. The predicted molar refractivity (Wildman–Crippen MR) is 55.5 cm³/mol. The van der Waals surface area contributed by atoms with Gasteiger partial charge in [-0.1, -0.05) is 20.3 Å². The minimum absolute atomic E-state index is 1.13. The van der Waals surface area contributed by atoms with Crippen LogP contribution >= 0.6 is 0 Å². The largest absolute Gasteiger partial charge is 0.205 e. The van der Waals surface area contributed by atoms with Crippen LogP contribution in [0.25, 0.3) is 0 Å². The summed E-state index contributed by atoms with van der Waals surface area (Å²) in [4.78, 5) is 0. The van der Waals surface area contributed by atoms with Gasteiger partial charge in [-0.25, -0.2) is 4.57 Å². The van der Waals surface area contributed by atoms with E-state index in [2.05, 4.69) is 42.9 Å². The van der Waals surface area contributed by atoms with Gasteiger partial charge in [0.1, 0.15) is 6.54 Å². The molecule has 0 aliphatic carbocycles. The third-order valence-electron chi connectivity index (χ3n) is 2.26. The van der Waals surface area contributed by atoms with Crippen molar-refractivity contribution in [1.29, 1.82) is 0 Å². The summed E-state index contributed by atoms with van der Waals surface area (Å²) in [7, 11) is 0. The topological polar surface area (TPSA) is 3.88 Å². The number of unbranched alkanes of at least 4 members (excludes halogenated alkanes) is 1. The summed E-state index contributed by atoms with van der Waals surface area (Å²) in [6.07, 6.45) is 9.40. The van der Waals surface area contributed by atoms with Gasteiger partial charge >= 0.3 is 0 Å². The molecule has 0 saturated carbocycles. The lowest BCUT2D eigenvalue weighted by Gasteiger charge is -1.98. The molecule has 0 unspecified atom stereocenters. The molecule has 0 bridgehead atoms. The number of pyridine rings is 1. The highest BCUT2D eigenvalue weighted by molar-refractivity contribution is 5.06.